The smallest absolute Gasteiger partial charge is 0.231 e. The van der Waals surface area contributed by atoms with Crippen LogP contribution in [0.3, 0.4) is 0 Å². The fourth-order valence-corrected chi connectivity index (χ4v) is 5.16. The molecule has 0 aromatic carbocycles. The van der Waals surface area contributed by atoms with Gasteiger partial charge in [-0.2, -0.15) is 0 Å². The first-order valence-corrected chi connectivity index (χ1v) is 10.4. The van der Waals surface area contributed by atoms with E-state index in [2.05, 4.69) is 20.2 Å². The Labute approximate surface area is 151 Å². The molecule has 1 aromatic rings. The van der Waals surface area contributed by atoms with Gasteiger partial charge in [0, 0.05) is 12.0 Å². The second-order valence-electron chi connectivity index (χ2n) is 6.47. The molecule has 2 saturated carbocycles. The average Bonchev–Trinajstić information content (AvgIpc) is 2.83. The number of hydrogen-bond acceptors (Lipinski definition) is 7. The molecule has 1 aromatic heterocycles. The molecule has 1 heterocycles. The van der Waals surface area contributed by atoms with Gasteiger partial charge in [0.2, 0.25) is 26.2 Å². The number of nitrogens with zero attached hydrogens (tertiary/aromatic N) is 2. The summed E-state index contributed by atoms with van der Waals surface area (Å²) in [5, 5.41) is 10.7. The molecule has 2 fully saturated rings. The molecule has 2 aliphatic rings. The van der Waals surface area contributed by atoms with Crippen LogP contribution in [0.1, 0.15) is 32.1 Å². The molecule has 4 N–H and O–H groups in total. The molecule has 24 heavy (non-hydrogen) atoms. The molecule has 0 saturated heterocycles. The molecule has 3 rings (SSSR count). The molecule has 8 nitrogen and oxygen atoms in total. The number of nitrogens with two attached hydrogens (primary N) is 1. The Balaban J connectivity index is 0.00000208. The topological polar surface area (TPSA) is 127 Å². The lowest BCUT2D eigenvalue weighted by Crippen LogP contribution is -2.48. The molecule has 2 aliphatic carbocycles. The average molecular weight is 396 g/mol. The summed E-state index contributed by atoms with van der Waals surface area (Å²) < 4.78 is 24.5. The van der Waals surface area contributed by atoms with Crippen LogP contribution in [0.2, 0.25) is 0 Å². The van der Waals surface area contributed by atoms with Crippen LogP contribution < -0.4 is 15.8 Å². The largest absolute Gasteiger partial charge is 0.327 e. The number of hydrogen-bond donors (Lipinski definition) is 3. The zero-order valence-electron chi connectivity index (χ0n) is 13.3. The molecule has 2 bridgehead atoms. The summed E-state index contributed by atoms with van der Waals surface area (Å²) in [6, 6.07) is 0.222. The third-order valence-corrected chi connectivity index (χ3v) is 6.16. The van der Waals surface area contributed by atoms with Crippen LogP contribution in [0.5, 0.6) is 0 Å². The minimum Gasteiger partial charge on any atom is -0.327 e. The number of carbonyl (C=O) groups excluding carboxylic acids is 1. The molecule has 2 unspecified atom stereocenters. The third-order valence-electron chi connectivity index (χ3n) is 4.71. The van der Waals surface area contributed by atoms with Gasteiger partial charge in [-0.3, -0.25) is 9.52 Å². The van der Waals surface area contributed by atoms with E-state index in [1.54, 1.807) is 0 Å². The minimum atomic E-state index is -3.40. The van der Waals surface area contributed by atoms with Crippen molar-refractivity contribution >= 4 is 49.9 Å². The van der Waals surface area contributed by atoms with Gasteiger partial charge in [-0.1, -0.05) is 17.8 Å². The number of carbonyl (C=O) groups is 1. The fraction of sp³-hybridized carbons (Fsp3) is 0.769. The van der Waals surface area contributed by atoms with E-state index in [0.717, 1.165) is 43.3 Å². The second-order valence-corrected chi connectivity index (χ2v) is 9.20. The summed E-state index contributed by atoms with van der Waals surface area (Å²) in [6.07, 6.45) is 6.07. The van der Waals surface area contributed by atoms with Crippen LogP contribution in [0.4, 0.5) is 10.3 Å². The van der Waals surface area contributed by atoms with Crippen LogP contribution in [0, 0.1) is 17.8 Å². The number of fused-ring (bicyclic) bond motifs is 2. The molecular formula is C13H22ClN5O3S2. The molecule has 1 amide bonds. The van der Waals surface area contributed by atoms with Gasteiger partial charge >= 0.3 is 0 Å². The van der Waals surface area contributed by atoms with E-state index >= 15 is 0 Å². The fourth-order valence-electron chi connectivity index (χ4n) is 3.68. The second kappa shape index (κ2) is 7.51. The van der Waals surface area contributed by atoms with E-state index < -0.39 is 10.0 Å². The number of rotatable bonds is 4. The normalized spacial score (nSPS) is 29.4. The molecular weight excluding hydrogens is 374 g/mol. The third kappa shape index (κ3) is 4.56. The van der Waals surface area contributed by atoms with Crippen LogP contribution in [0.15, 0.2) is 0 Å². The van der Waals surface area contributed by atoms with Crippen molar-refractivity contribution in [2.24, 2.45) is 23.5 Å². The van der Waals surface area contributed by atoms with Crippen molar-refractivity contribution in [1.82, 2.24) is 10.2 Å². The minimum absolute atomic E-state index is 0. The Bertz CT molecular complexity index is 682. The van der Waals surface area contributed by atoms with Crippen LogP contribution in [-0.4, -0.2) is 36.8 Å². The summed E-state index contributed by atoms with van der Waals surface area (Å²) in [6.45, 7) is 0. The first kappa shape index (κ1) is 19.4. The number of anilines is 2. The maximum Gasteiger partial charge on any atom is 0.231 e. The summed E-state index contributed by atoms with van der Waals surface area (Å²) in [5.74, 6) is 0.724. The lowest BCUT2D eigenvalue weighted by molar-refractivity contribution is -0.122. The van der Waals surface area contributed by atoms with Gasteiger partial charge in [0.05, 0.1) is 6.26 Å². The van der Waals surface area contributed by atoms with E-state index in [1.807, 2.05) is 0 Å². The first-order valence-electron chi connectivity index (χ1n) is 7.69. The Morgan fingerprint density at radius 2 is 1.79 bits per heavy atom. The summed E-state index contributed by atoms with van der Waals surface area (Å²) in [4.78, 5) is 12.4. The predicted molar refractivity (Wildman–Crippen MR) is 95.8 cm³/mol. The van der Waals surface area contributed by atoms with Crippen molar-refractivity contribution in [1.29, 1.82) is 0 Å². The highest BCUT2D eigenvalue weighted by atomic mass is 35.5. The Kier molecular flexibility index (Phi) is 6.05. The highest BCUT2D eigenvalue weighted by molar-refractivity contribution is 7.92. The van der Waals surface area contributed by atoms with Crippen molar-refractivity contribution in [3.8, 4) is 0 Å². The summed E-state index contributed by atoms with van der Waals surface area (Å²) in [5.41, 5.74) is 6.24. The quantitative estimate of drug-likeness (QED) is 0.707. The standard InChI is InChI=1S/C13H21N5O3S2.ClH/c1-23(20,21)18-13-17-16-12(22-13)15-11(19)9-5-7-3-2-4-8(6-9)10(7)14;/h7-10H,2-6,14H2,1H3,(H,17,18)(H,15,16,19);1H. The van der Waals surface area contributed by atoms with Gasteiger partial charge in [-0.05, 0) is 37.5 Å². The number of aromatic nitrogens is 2. The Hall–Kier alpha value is -0.970. The van der Waals surface area contributed by atoms with Gasteiger partial charge in [0.1, 0.15) is 0 Å². The van der Waals surface area contributed by atoms with E-state index in [1.165, 1.54) is 6.42 Å². The number of nitrogens with one attached hydrogen (secondary N) is 2. The van der Waals surface area contributed by atoms with Crippen molar-refractivity contribution in [2.75, 3.05) is 16.3 Å². The molecule has 0 spiro atoms. The number of halogens is 1. The maximum atomic E-state index is 12.4. The Morgan fingerprint density at radius 3 is 2.38 bits per heavy atom. The van der Waals surface area contributed by atoms with Crippen molar-refractivity contribution in [3.63, 3.8) is 0 Å². The van der Waals surface area contributed by atoms with Gasteiger partial charge < -0.3 is 11.1 Å². The van der Waals surface area contributed by atoms with Gasteiger partial charge in [0.25, 0.3) is 0 Å². The molecule has 136 valence electrons. The highest BCUT2D eigenvalue weighted by Crippen LogP contribution is 2.42. The van der Waals surface area contributed by atoms with Gasteiger partial charge in [-0.15, -0.1) is 22.6 Å². The first-order chi connectivity index (χ1) is 10.8. The van der Waals surface area contributed by atoms with Crippen molar-refractivity contribution < 1.29 is 13.2 Å². The molecule has 0 aliphatic heterocycles. The summed E-state index contributed by atoms with van der Waals surface area (Å²) in [7, 11) is -3.40. The highest BCUT2D eigenvalue weighted by Gasteiger charge is 2.40. The van der Waals surface area contributed by atoms with E-state index in [9.17, 15) is 13.2 Å². The van der Waals surface area contributed by atoms with E-state index in [4.69, 9.17) is 5.73 Å². The lowest BCUT2D eigenvalue weighted by atomic mass is 9.65. The van der Waals surface area contributed by atoms with Crippen LogP contribution in [0.25, 0.3) is 0 Å². The predicted octanol–water partition coefficient (Wildman–Crippen LogP) is 1.42. The van der Waals surface area contributed by atoms with Crippen molar-refractivity contribution in [2.45, 2.75) is 38.1 Å². The molecule has 0 radical (unpaired) electrons. The van der Waals surface area contributed by atoms with E-state index in [0.29, 0.717) is 17.0 Å². The van der Waals surface area contributed by atoms with Gasteiger partial charge in [0.15, 0.2) is 0 Å². The Morgan fingerprint density at radius 1 is 1.21 bits per heavy atom. The SMILES string of the molecule is CS(=O)(=O)Nc1nnc(NC(=O)C2CC3CCCC(C2)C3N)s1.Cl. The monoisotopic (exact) mass is 395 g/mol. The number of sulfonamides is 1. The van der Waals surface area contributed by atoms with E-state index in [-0.39, 0.29) is 35.4 Å². The summed E-state index contributed by atoms with van der Waals surface area (Å²) >= 11 is 1.00. The zero-order chi connectivity index (χ0) is 16.6. The number of amides is 1. The van der Waals surface area contributed by atoms with Crippen molar-refractivity contribution in [3.05, 3.63) is 0 Å². The maximum absolute atomic E-state index is 12.4. The lowest BCUT2D eigenvalue weighted by Gasteiger charge is -2.43. The van der Waals surface area contributed by atoms with Crippen LogP contribution >= 0.6 is 23.7 Å². The molecule has 11 heteroatoms. The molecule has 2 atom stereocenters. The van der Waals surface area contributed by atoms with Gasteiger partial charge in [-0.25, -0.2) is 8.42 Å². The zero-order valence-corrected chi connectivity index (χ0v) is 15.7. The van der Waals surface area contributed by atoms with Crippen LogP contribution in [-0.2, 0) is 14.8 Å².